The molecule has 0 saturated carbocycles. The number of pyridine rings is 1. The fourth-order valence-electron chi connectivity index (χ4n) is 3.50. The lowest BCUT2D eigenvalue weighted by molar-refractivity contribution is -0.132. The molecular weight excluding hydrogens is 314 g/mol. The van der Waals surface area contributed by atoms with Gasteiger partial charge in [-0.25, -0.2) is 4.98 Å². The van der Waals surface area contributed by atoms with Crippen LogP contribution in [-0.2, 0) is 18.3 Å². The molecule has 1 saturated heterocycles. The van der Waals surface area contributed by atoms with Gasteiger partial charge in [-0.2, -0.15) is 5.10 Å². The average Bonchev–Trinajstić information content (AvgIpc) is 2.98. The van der Waals surface area contributed by atoms with E-state index >= 15 is 0 Å². The Morgan fingerprint density at radius 2 is 2.28 bits per heavy atom. The highest BCUT2D eigenvalue weighted by atomic mass is 16.2. The maximum absolute atomic E-state index is 12.7. The summed E-state index contributed by atoms with van der Waals surface area (Å²) >= 11 is 0. The molecule has 1 N–H and O–H groups in total. The summed E-state index contributed by atoms with van der Waals surface area (Å²) in [5, 5.41) is 7.34. The van der Waals surface area contributed by atoms with Crippen molar-refractivity contribution in [3.63, 3.8) is 0 Å². The molecule has 0 aromatic carbocycles. The van der Waals surface area contributed by atoms with Gasteiger partial charge in [-0.05, 0) is 49.4 Å². The number of nitrogens with zero attached hydrogens (tertiary/aromatic N) is 4. The summed E-state index contributed by atoms with van der Waals surface area (Å²) < 4.78 is 1.86. The van der Waals surface area contributed by atoms with E-state index in [1.807, 2.05) is 43.0 Å². The second kappa shape index (κ2) is 7.68. The fraction of sp³-hybridized carbons (Fsp3) is 0.526. The molecule has 1 amide bonds. The van der Waals surface area contributed by atoms with Gasteiger partial charge in [0.25, 0.3) is 0 Å². The molecule has 0 aliphatic carbocycles. The molecule has 134 valence electrons. The molecular formula is C19H27N5O. The van der Waals surface area contributed by atoms with Crippen LogP contribution in [-0.4, -0.2) is 45.7 Å². The van der Waals surface area contributed by atoms with Gasteiger partial charge in [-0.1, -0.05) is 0 Å². The van der Waals surface area contributed by atoms with Crippen molar-refractivity contribution in [3.05, 3.63) is 41.3 Å². The number of aromatic nitrogens is 3. The predicted molar refractivity (Wildman–Crippen MR) is 98.6 cm³/mol. The summed E-state index contributed by atoms with van der Waals surface area (Å²) in [7, 11) is 3.81. The third-order valence-electron chi connectivity index (χ3n) is 5.23. The number of piperidine rings is 1. The summed E-state index contributed by atoms with van der Waals surface area (Å²) in [4.78, 5) is 19.0. The molecule has 1 aliphatic rings. The summed E-state index contributed by atoms with van der Waals surface area (Å²) in [6, 6.07) is 4.16. The number of rotatable bonds is 5. The maximum atomic E-state index is 12.7. The normalized spacial score (nSPS) is 17.6. The van der Waals surface area contributed by atoms with Crippen molar-refractivity contribution in [2.24, 2.45) is 7.05 Å². The van der Waals surface area contributed by atoms with Crippen LogP contribution < -0.4 is 5.32 Å². The first kappa shape index (κ1) is 17.5. The first-order valence-corrected chi connectivity index (χ1v) is 8.97. The summed E-state index contributed by atoms with van der Waals surface area (Å²) in [5.74, 6) is 1.52. The van der Waals surface area contributed by atoms with Crippen LogP contribution in [0.1, 0.15) is 42.0 Å². The topological polar surface area (TPSA) is 63.1 Å². The third kappa shape index (κ3) is 4.00. The minimum absolute atomic E-state index is 0.246. The van der Waals surface area contributed by atoms with Crippen molar-refractivity contribution in [2.75, 3.05) is 25.5 Å². The lowest BCUT2D eigenvalue weighted by Crippen LogP contribution is -2.39. The maximum Gasteiger partial charge on any atom is 0.222 e. The minimum Gasteiger partial charge on any atom is -0.373 e. The molecule has 2 aromatic rings. The highest BCUT2D eigenvalue weighted by molar-refractivity contribution is 5.76. The Hall–Kier alpha value is -2.37. The first-order chi connectivity index (χ1) is 12.1. The molecule has 1 atom stereocenters. The summed E-state index contributed by atoms with van der Waals surface area (Å²) in [5.41, 5.74) is 3.57. The van der Waals surface area contributed by atoms with Gasteiger partial charge in [-0.15, -0.1) is 0 Å². The van der Waals surface area contributed by atoms with Crippen molar-refractivity contribution in [1.82, 2.24) is 19.7 Å². The Bertz CT molecular complexity index is 739. The van der Waals surface area contributed by atoms with Crippen LogP contribution in [0.5, 0.6) is 0 Å². The standard InChI is InChI=1S/C19H27N5O/c1-14-16(12-22-23(14)3)6-7-19(25)24-10-4-5-17(13-24)15-8-9-21-18(11-15)20-2/h8-9,11-12,17H,4-7,10,13H2,1-3H3,(H,20,21)/t17-/m0/s1. The van der Waals surface area contributed by atoms with Crippen molar-refractivity contribution < 1.29 is 4.79 Å². The molecule has 6 nitrogen and oxygen atoms in total. The van der Waals surface area contributed by atoms with Gasteiger partial charge < -0.3 is 10.2 Å². The number of likely N-dealkylation sites (tertiary alicyclic amines) is 1. The van der Waals surface area contributed by atoms with Crippen LogP contribution in [0, 0.1) is 6.92 Å². The molecule has 2 aromatic heterocycles. The van der Waals surface area contributed by atoms with E-state index in [2.05, 4.69) is 27.5 Å². The molecule has 3 rings (SSSR count). The number of hydrogen-bond donors (Lipinski definition) is 1. The molecule has 0 bridgehead atoms. The van der Waals surface area contributed by atoms with Gasteiger partial charge in [-0.3, -0.25) is 9.48 Å². The molecule has 1 aliphatic heterocycles. The molecule has 3 heterocycles. The Kier molecular flexibility index (Phi) is 5.36. The van der Waals surface area contributed by atoms with E-state index in [1.54, 1.807) is 0 Å². The van der Waals surface area contributed by atoms with E-state index in [0.29, 0.717) is 12.3 Å². The lowest BCUT2D eigenvalue weighted by Gasteiger charge is -2.33. The van der Waals surface area contributed by atoms with Crippen LogP contribution in [0.3, 0.4) is 0 Å². The molecule has 1 fully saturated rings. The minimum atomic E-state index is 0.246. The zero-order chi connectivity index (χ0) is 17.8. The van der Waals surface area contributed by atoms with Crippen molar-refractivity contribution in [3.8, 4) is 0 Å². The van der Waals surface area contributed by atoms with E-state index in [-0.39, 0.29) is 5.91 Å². The highest BCUT2D eigenvalue weighted by Gasteiger charge is 2.25. The van der Waals surface area contributed by atoms with E-state index in [0.717, 1.165) is 49.4 Å². The predicted octanol–water partition coefficient (Wildman–Crippen LogP) is 2.50. The summed E-state index contributed by atoms with van der Waals surface area (Å²) in [6.45, 7) is 3.72. The Morgan fingerprint density at radius 1 is 1.44 bits per heavy atom. The highest BCUT2D eigenvalue weighted by Crippen LogP contribution is 2.28. The van der Waals surface area contributed by atoms with Crippen LogP contribution in [0.15, 0.2) is 24.5 Å². The van der Waals surface area contributed by atoms with Gasteiger partial charge in [0.2, 0.25) is 5.91 Å². The number of carbonyl (C=O) groups is 1. The number of carbonyl (C=O) groups excluding carboxylic acids is 1. The largest absolute Gasteiger partial charge is 0.373 e. The molecule has 25 heavy (non-hydrogen) atoms. The number of hydrogen-bond acceptors (Lipinski definition) is 4. The van der Waals surface area contributed by atoms with Crippen molar-refractivity contribution in [2.45, 2.75) is 38.5 Å². The molecule has 0 unspecified atom stereocenters. The Balaban J connectivity index is 1.60. The van der Waals surface area contributed by atoms with Gasteiger partial charge in [0, 0.05) is 51.4 Å². The number of anilines is 1. The number of amides is 1. The van der Waals surface area contributed by atoms with Gasteiger partial charge in [0.05, 0.1) is 6.20 Å². The van der Waals surface area contributed by atoms with E-state index in [4.69, 9.17) is 0 Å². The fourth-order valence-corrected chi connectivity index (χ4v) is 3.50. The second-order valence-corrected chi connectivity index (χ2v) is 6.78. The zero-order valence-corrected chi connectivity index (χ0v) is 15.3. The van der Waals surface area contributed by atoms with Gasteiger partial charge >= 0.3 is 0 Å². The second-order valence-electron chi connectivity index (χ2n) is 6.78. The number of nitrogens with one attached hydrogen (secondary N) is 1. The molecule has 0 radical (unpaired) electrons. The monoisotopic (exact) mass is 341 g/mol. The van der Waals surface area contributed by atoms with E-state index < -0.39 is 0 Å². The average molecular weight is 341 g/mol. The van der Waals surface area contributed by atoms with Gasteiger partial charge in [0.1, 0.15) is 5.82 Å². The summed E-state index contributed by atoms with van der Waals surface area (Å²) in [6.07, 6.45) is 7.21. The molecule has 6 heteroatoms. The number of aryl methyl sites for hydroxylation is 2. The quantitative estimate of drug-likeness (QED) is 0.908. The third-order valence-corrected chi connectivity index (χ3v) is 5.23. The van der Waals surface area contributed by atoms with Crippen LogP contribution in [0.2, 0.25) is 0 Å². The first-order valence-electron chi connectivity index (χ1n) is 8.97. The van der Waals surface area contributed by atoms with E-state index in [9.17, 15) is 4.79 Å². The Morgan fingerprint density at radius 3 is 3.00 bits per heavy atom. The Labute approximate surface area is 149 Å². The zero-order valence-electron chi connectivity index (χ0n) is 15.3. The van der Waals surface area contributed by atoms with Crippen LogP contribution >= 0.6 is 0 Å². The van der Waals surface area contributed by atoms with Gasteiger partial charge in [0.15, 0.2) is 0 Å². The molecule has 0 spiro atoms. The van der Waals surface area contributed by atoms with Crippen molar-refractivity contribution in [1.29, 1.82) is 0 Å². The van der Waals surface area contributed by atoms with Crippen LogP contribution in [0.4, 0.5) is 5.82 Å². The van der Waals surface area contributed by atoms with Crippen LogP contribution in [0.25, 0.3) is 0 Å². The smallest absolute Gasteiger partial charge is 0.222 e. The lowest BCUT2D eigenvalue weighted by atomic mass is 9.91. The SMILES string of the molecule is CNc1cc([C@H]2CCCN(C(=O)CCc3cnn(C)c3C)C2)ccn1. The van der Waals surface area contributed by atoms with Crippen molar-refractivity contribution >= 4 is 11.7 Å². The van der Waals surface area contributed by atoms with E-state index in [1.165, 1.54) is 5.56 Å².